The molecule has 0 atom stereocenters. The number of rotatable bonds is 6. The molecule has 2 N–H and O–H groups in total. The Hall–Kier alpha value is -3.87. The van der Waals surface area contributed by atoms with Crippen molar-refractivity contribution in [2.45, 2.75) is 4.90 Å². The quantitative estimate of drug-likeness (QED) is 0.423. The van der Waals surface area contributed by atoms with Gasteiger partial charge in [-0.2, -0.15) is 5.26 Å². The summed E-state index contributed by atoms with van der Waals surface area (Å²) >= 11 is 6.30. The molecule has 32 heavy (non-hydrogen) atoms. The van der Waals surface area contributed by atoms with E-state index in [4.69, 9.17) is 21.6 Å². The lowest BCUT2D eigenvalue weighted by atomic mass is 10.2. The first-order chi connectivity index (χ1) is 15.4. The molecule has 0 saturated carbocycles. The summed E-state index contributed by atoms with van der Waals surface area (Å²) in [6.45, 7) is 0. The number of para-hydroxylation sites is 2. The van der Waals surface area contributed by atoms with Gasteiger partial charge in [0.2, 0.25) is 0 Å². The van der Waals surface area contributed by atoms with Crippen LogP contribution in [0, 0.1) is 11.3 Å². The minimum absolute atomic E-state index is 0.0232. The fourth-order valence-corrected chi connectivity index (χ4v) is 4.15. The van der Waals surface area contributed by atoms with Crippen LogP contribution in [0.1, 0.15) is 5.56 Å². The number of nitrogens with one attached hydrogen (secondary N) is 2. The van der Waals surface area contributed by atoms with Crippen LogP contribution in [0.2, 0.25) is 5.02 Å². The number of ether oxygens (including phenoxy) is 1. The van der Waals surface area contributed by atoms with Crippen LogP contribution in [0.25, 0.3) is 11.0 Å². The van der Waals surface area contributed by atoms with Crippen molar-refractivity contribution in [3.05, 3.63) is 77.3 Å². The number of benzene rings is 3. The molecule has 0 aliphatic carbocycles. The van der Waals surface area contributed by atoms with Crippen LogP contribution >= 0.6 is 11.6 Å². The van der Waals surface area contributed by atoms with Gasteiger partial charge in [0, 0.05) is 6.07 Å². The summed E-state index contributed by atoms with van der Waals surface area (Å²) in [5.74, 6) is 0.685. The number of hydrogen-bond acceptors (Lipinski definition) is 7. The Balaban J connectivity index is 1.80. The Morgan fingerprint density at radius 3 is 2.38 bits per heavy atom. The van der Waals surface area contributed by atoms with E-state index in [2.05, 4.69) is 20.0 Å². The van der Waals surface area contributed by atoms with Gasteiger partial charge < -0.3 is 10.1 Å². The van der Waals surface area contributed by atoms with Gasteiger partial charge in [-0.15, -0.1) is 0 Å². The molecule has 1 aromatic heterocycles. The molecular weight excluding hydrogens is 450 g/mol. The second-order valence-electron chi connectivity index (χ2n) is 6.63. The zero-order valence-electron chi connectivity index (χ0n) is 16.7. The molecule has 8 nitrogen and oxygen atoms in total. The van der Waals surface area contributed by atoms with Gasteiger partial charge in [-0.1, -0.05) is 29.8 Å². The molecule has 0 unspecified atom stereocenters. The second-order valence-corrected chi connectivity index (χ2v) is 8.72. The molecule has 0 spiro atoms. The van der Waals surface area contributed by atoms with Crippen molar-refractivity contribution in [3.63, 3.8) is 0 Å². The normalized spacial score (nSPS) is 11.0. The number of sulfonamides is 1. The van der Waals surface area contributed by atoms with E-state index in [9.17, 15) is 8.42 Å². The highest BCUT2D eigenvalue weighted by Gasteiger charge is 2.20. The third-order valence-electron chi connectivity index (χ3n) is 4.50. The van der Waals surface area contributed by atoms with Crippen molar-refractivity contribution >= 4 is 50.0 Å². The predicted molar refractivity (Wildman–Crippen MR) is 123 cm³/mol. The number of fused-ring (bicyclic) bond motifs is 1. The first-order valence-corrected chi connectivity index (χ1v) is 11.2. The van der Waals surface area contributed by atoms with Crippen LogP contribution in [-0.2, 0) is 10.0 Å². The van der Waals surface area contributed by atoms with Crippen LogP contribution in [-0.4, -0.2) is 25.5 Å². The topological polar surface area (TPSA) is 117 Å². The molecule has 1 heterocycles. The van der Waals surface area contributed by atoms with E-state index in [0.29, 0.717) is 27.5 Å². The van der Waals surface area contributed by atoms with Crippen molar-refractivity contribution < 1.29 is 13.2 Å². The first kappa shape index (κ1) is 21.4. The van der Waals surface area contributed by atoms with Crippen molar-refractivity contribution in [1.29, 1.82) is 5.26 Å². The van der Waals surface area contributed by atoms with E-state index in [1.807, 2.05) is 6.07 Å². The van der Waals surface area contributed by atoms with E-state index >= 15 is 0 Å². The maximum absolute atomic E-state index is 13.0. The van der Waals surface area contributed by atoms with Gasteiger partial charge in [0.15, 0.2) is 11.6 Å². The van der Waals surface area contributed by atoms with Crippen LogP contribution in [0.15, 0.2) is 71.6 Å². The third-order valence-corrected chi connectivity index (χ3v) is 6.17. The zero-order chi connectivity index (χ0) is 22.7. The van der Waals surface area contributed by atoms with Gasteiger partial charge in [0.05, 0.1) is 45.4 Å². The van der Waals surface area contributed by atoms with Crippen LogP contribution in [0.3, 0.4) is 0 Å². The maximum atomic E-state index is 13.0. The Morgan fingerprint density at radius 1 is 0.969 bits per heavy atom. The van der Waals surface area contributed by atoms with E-state index in [1.165, 1.54) is 31.4 Å². The molecule has 0 bridgehead atoms. The molecule has 0 aliphatic heterocycles. The van der Waals surface area contributed by atoms with Crippen molar-refractivity contribution in [2.75, 3.05) is 17.1 Å². The van der Waals surface area contributed by atoms with Crippen LogP contribution < -0.4 is 14.8 Å². The van der Waals surface area contributed by atoms with E-state index in [0.717, 1.165) is 0 Å². The number of nitriles is 1. The number of nitrogens with zero attached hydrogens (tertiary/aromatic N) is 3. The monoisotopic (exact) mass is 465 g/mol. The highest BCUT2D eigenvalue weighted by Crippen LogP contribution is 2.32. The summed E-state index contributed by atoms with van der Waals surface area (Å²) in [6, 6.07) is 19.7. The fraction of sp³-hybridized carbons (Fsp3) is 0.0455. The Bertz CT molecular complexity index is 1470. The Labute approximate surface area is 189 Å². The van der Waals surface area contributed by atoms with Gasteiger partial charge in [-0.3, -0.25) is 4.72 Å². The SMILES string of the molecule is COc1ccc(Cl)c(Nc2nc3ccccc3nc2NS(=O)(=O)c2cccc(C#N)c2)c1. The Kier molecular flexibility index (Phi) is 5.81. The highest BCUT2D eigenvalue weighted by molar-refractivity contribution is 7.92. The third kappa shape index (κ3) is 4.42. The standard InChI is InChI=1S/C22H16ClN5O3S/c1-31-15-9-10-17(23)20(12-15)27-21-22(26-19-8-3-2-7-18(19)25-21)28-32(29,30)16-6-4-5-14(11-16)13-24/h2-12H,1H3,(H,25,27)(H,26,28). The molecule has 3 aromatic carbocycles. The molecule has 0 fully saturated rings. The average molecular weight is 466 g/mol. The zero-order valence-corrected chi connectivity index (χ0v) is 18.3. The van der Waals surface area contributed by atoms with E-state index in [-0.39, 0.29) is 22.1 Å². The number of methoxy groups -OCH3 is 1. The Morgan fingerprint density at radius 2 is 1.69 bits per heavy atom. The van der Waals surface area contributed by atoms with E-state index < -0.39 is 10.0 Å². The molecule has 160 valence electrons. The lowest BCUT2D eigenvalue weighted by Gasteiger charge is -2.15. The summed E-state index contributed by atoms with van der Waals surface area (Å²) in [4.78, 5) is 8.90. The minimum Gasteiger partial charge on any atom is -0.497 e. The van der Waals surface area contributed by atoms with Gasteiger partial charge in [-0.05, 0) is 42.5 Å². The summed E-state index contributed by atoms with van der Waals surface area (Å²) in [5.41, 5.74) is 1.74. The largest absolute Gasteiger partial charge is 0.497 e. The van der Waals surface area contributed by atoms with Crippen molar-refractivity contribution in [3.8, 4) is 11.8 Å². The number of halogens is 1. The number of aromatic nitrogens is 2. The molecule has 0 saturated heterocycles. The summed E-state index contributed by atoms with van der Waals surface area (Å²) in [5, 5.41) is 12.5. The van der Waals surface area contributed by atoms with Crippen molar-refractivity contribution in [2.24, 2.45) is 0 Å². The lowest BCUT2D eigenvalue weighted by molar-refractivity contribution is 0.415. The summed E-state index contributed by atoms with van der Waals surface area (Å²) < 4.78 is 33.7. The van der Waals surface area contributed by atoms with Gasteiger partial charge in [0.25, 0.3) is 10.0 Å². The fourth-order valence-electron chi connectivity index (χ4n) is 2.93. The maximum Gasteiger partial charge on any atom is 0.263 e. The van der Waals surface area contributed by atoms with E-state index in [1.54, 1.807) is 42.5 Å². The van der Waals surface area contributed by atoms with Gasteiger partial charge in [0.1, 0.15) is 5.75 Å². The molecule has 4 rings (SSSR count). The molecule has 0 amide bonds. The summed E-state index contributed by atoms with van der Waals surface area (Å²) in [7, 11) is -2.53. The molecule has 0 aliphatic rings. The molecule has 4 aromatic rings. The lowest BCUT2D eigenvalue weighted by Crippen LogP contribution is -2.16. The smallest absolute Gasteiger partial charge is 0.263 e. The average Bonchev–Trinajstić information content (AvgIpc) is 2.80. The van der Waals surface area contributed by atoms with Crippen LogP contribution in [0.5, 0.6) is 5.75 Å². The minimum atomic E-state index is -4.05. The second kappa shape index (κ2) is 8.70. The molecule has 10 heteroatoms. The predicted octanol–water partition coefficient (Wildman–Crippen LogP) is 4.71. The highest BCUT2D eigenvalue weighted by atomic mass is 35.5. The number of hydrogen-bond donors (Lipinski definition) is 2. The van der Waals surface area contributed by atoms with Crippen molar-refractivity contribution in [1.82, 2.24) is 9.97 Å². The molecule has 0 radical (unpaired) electrons. The molecular formula is C22H16ClN5O3S. The van der Waals surface area contributed by atoms with Gasteiger partial charge >= 0.3 is 0 Å². The number of anilines is 3. The van der Waals surface area contributed by atoms with Gasteiger partial charge in [-0.25, -0.2) is 18.4 Å². The summed E-state index contributed by atoms with van der Waals surface area (Å²) in [6.07, 6.45) is 0. The first-order valence-electron chi connectivity index (χ1n) is 9.30. The van der Waals surface area contributed by atoms with Crippen LogP contribution in [0.4, 0.5) is 17.3 Å².